The van der Waals surface area contributed by atoms with E-state index in [2.05, 4.69) is 20.3 Å². The smallest absolute Gasteiger partial charge is 0.267 e. The molecule has 1 fully saturated rings. The monoisotopic (exact) mass is 469 g/mol. The zero-order valence-electron chi connectivity index (χ0n) is 18.7. The molecule has 1 N–H and O–H groups in total. The van der Waals surface area contributed by atoms with Gasteiger partial charge in [0, 0.05) is 57.2 Å². The molecule has 0 radical (unpaired) electrons. The SMILES string of the molecule is Cc1c(S(=O)(=O)N2CCn3nccc3C2)cc(C(=O)NCC2CN(c3ccccn3)C2)n1C. The predicted molar refractivity (Wildman–Crippen MR) is 122 cm³/mol. The number of amides is 1. The molecule has 0 saturated carbocycles. The van der Waals surface area contributed by atoms with E-state index in [4.69, 9.17) is 0 Å². The Bertz CT molecular complexity index is 1280. The second kappa shape index (κ2) is 8.31. The first-order valence-corrected chi connectivity index (χ1v) is 12.4. The summed E-state index contributed by atoms with van der Waals surface area (Å²) in [6.07, 6.45) is 3.45. The first-order valence-electron chi connectivity index (χ1n) is 11.0. The lowest BCUT2D eigenvalue weighted by molar-refractivity contribution is 0.0936. The van der Waals surface area contributed by atoms with E-state index < -0.39 is 10.0 Å². The molecule has 5 rings (SSSR count). The van der Waals surface area contributed by atoms with Crippen LogP contribution in [0.15, 0.2) is 47.6 Å². The van der Waals surface area contributed by atoms with E-state index in [-0.39, 0.29) is 17.3 Å². The lowest BCUT2D eigenvalue weighted by Crippen LogP contribution is -2.51. The molecule has 5 heterocycles. The van der Waals surface area contributed by atoms with E-state index in [0.29, 0.717) is 36.9 Å². The Kier molecular flexibility index (Phi) is 5.45. The molecule has 1 saturated heterocycles. The normalized spacial score (nSPS) is 17.0. The van der Waals surface area contributed by atoms with E-state index in [0.717, 1.165) is 24.6 Å². The molecule has 0 unspecified atom stereocenters. The summed E-state index contributed by atoms with van der Waals surface area (Å²) in [6.45, 7) is 5.05. The van der Waals surface area contributed by atoms with Crippen LogP contribution in [0.3, 0.4) is 0 Å². The minimum Gasteiger partial charge on any atom is -0.356 e. The minimum absolute atomic E-state index is 0.174. The molecule has 33 heavy (non-hydrogen) atoms. The highest BCUT2D eigenvalue weighted by molar-refractivity contribution is 7.89. The predicted octanol–water partition coefficient (Wildman–Crippen LogP) is 0.996. The molecule has 3 aromatic rings. The zero-order chi connectivity index (χ0) is 23.2. The highest BCUT2D eigenvalue weighted by Gasteiger charge is 2.33. The summed E-state index contributed by atoms with van der Waals surface area (Å²) < 4.78 is 31.6. The van der Waals surface area contributed by atoms with Gasteiger partial charge in [0.25, 0.3) is 5.91 Å². The topological polar surface area (TPSA) is 105 Å². The van der Waals surface area contributed by atoms with Gasteiger partial charge in [-0.3, -0.25) is 9.48 Å². The quantitative estimate of drug-likeness (QED) is 0.577. The Morgan fingerprint density at radius 2 is 2.00 bits per heavy atom. The van der Waals surface area contributed by atoms with Crippen LogP contribution in [0.1, 0.15) is 21.9 Å². The van der Waals surface area contributed by atoms with Crippen LogP contribution in [-0.2, 0) is 30.2 Å². The number of pyridine rings is 1. The summed E-state index contributed by atoms with van der Waals surface area (Å²) in [6, 6.07) is 9.14. The lowest BCUT2D eigenvalue weighted by Gasteiger charge is -2.40. The highest BCUT2D eigenvalue weighted by Crippen LogP contribution is 2.27. The second-order valence-electron chi connectivity index (χ2n) is 8.59. The van der Waals surface area contributed by atoms with Crippen molar-refractivity contribution in [2.24, 2.45) is 13.0 Å². The van der Waals surface area contributed by atoms with Crippen LogP contribution in [-0.4, -0.2) is 64.1 Å². The maximum absolute atomic E-state index is 13.4. The Morgan fingerprint density at radius 1 is 1.18 bits per heavy atom. The van der Waals surface area contributed by atoms with Gasteiger partial charge >= 0.3 is 0 Å². The Hall–Kier alpha value is -3.18. The molecule has 10 nitrogen and oxygen atoms in total. The van der Waals surface area contributed by atoms with Crippen molar-refractivity contribution in [3.63, 3.8) is 0 Å². The first-order chi connectivity index (χ1) is 15.8. The van der Waals surface area contributed by atoms with Crippen molar-refractivity contribution in [2.75, 3.05) is 31.1 Å². The number of hydrogen-bond donors (Lipinski definition) is 1. The van der Waals surface area contributed by atoms with Crippen molar-refractivity contribution in [1.82, 2.24) is 29.0 Å². The van der Waals surface area contributed by atoms with Gasteiger partial charge in [-0.1, -0.05) is 6.07 Å². The van der Waals surface area contributed by atoms with Crippen molar-refractivity contribution in [1.29, 1.82) is 0 Å². The third-order valence-corrected chi connectivity index (χ3v) is 8.49. The van der Waals surface area contributed by atoms with E-state index in [1.807, 2.05) is 28.9 Å². The molecule has 0 aliphatic carbocycles. The Balaban J connectivity index is 1.24. The number of nitrogens with one attached hydrogen (secondary N) is 1. The van der Waals surface area contributed by atoms with Gasteiger partial charge in [0.05, 0.1) is 18.8 Å². The van der Waals surface area contributed by atoms with Gasteiger partial charge in [0.1, 0.15) is 16.4 Å². The van der Waals surface area contributed by atoms with E-state index in [1.54, 1.807) is 30.9 Å². The fourth-order valence-electron chi connectivity index (χ4n) is 4.41. The van der Waals surface area contributed by atoms with E-state index in [1.165, 1.54) is 10.4 Å². The van der Waals surface area contributed by atoms with Gasteiger partial charge < -0.3 is 14.8 Å². The minimum atomic E-state index is -3.73. The van der Waals surface area contributed by atoms with Crippen molar-refractivity contribution < 1.29 is 13.2 Å². The van der Waals surface area contributed by atoms with Crippen LogP contribution in [0, 0.1) is 12.8 Å². The fourth-order valence-corrected chi connectivity index (χ4v) is 6.08. The van der Waals surface area contributed by atoms with Crippen LogP contribution in [0.5, 0.6) is 0 Å². The number of sulfonamides is 1. The maximum atomic E-state index is 13.4. The molecular weight excluding hydrogens is 442 g/mol. The number of carbonyl (C=O) groups excluding carboxylic acids is 1. The summed E-state index contributed by atoms with van der Waals surface area (Å²) in [5.41, 5.74) is 1.75. The summed E-state index contributed by atoms with van der Waals surface area (Å²) >= 11 is 0. The number of fused-ring (bicyclic) bond motifs is 1. The molecule has 174 valence electrons. The highest BCUT2D eigenvalue weighted by atomic mass is 32.2. The molecular formula is C22H27N7O3S. The number of anilines is 1. The van der Waals surface area contributed by atoms with Crippen molar-refractivity contribution in [2.45, 2.75) is 24.9 Å². The number of rotatable bonds is 6. The van der Waals surface area contributed by atoms with Gasteiger partial charge in [-0.2, -0.15) is 9.40 Å². The summed E-state index contributed by atoms with van der Waals surface area (Å²) in [5, 5.41) is 7.17. The van der Waals surface area contributed by atoms with Crippen LogP contribution in [0.4, 0.5) is 5.82 Å². The molecule has 3 aromatic heterocycles. The fraction of sp³-hybridized carbons (Fsp3) is 0.409. The van der Waals surface area contributed by atoms with Crippen LogP contribution >= 0.6 is 0 Å². The molecule has 0 atom stereocenters. The van der Waals surface area contributed by atoms with Gasteiger partial charge in [-0.05, 0) is 31.2 Å². The summed E-state index contributed by atoms with van der Waals surface area (Å²) in [5.74, 6) is 1.00. The molecule has 1 amide bonds. The van der Waals surface area contributed by atoms with Gasteiger partial charge in [-0.25, -0.2) is 13.4 Å². The third kappa shape index (κ3) is 3.91. The van der Waals surface area contributed by atoms with E-state index in [9.17, 15) is 13.2 Å². The van der Waals surface area contributed by atoms with Crippen molar-refractivity contribution >= 4 is 21.7 Å². The number of hydrogen-bond acceptors (Lipinski definition) is 6. The van der Waals surface area contributed by atoms with Crippen molar-refractivity contribution in [3.05, 3.63) is 59.8 Å². The number of carbonyl (C=O) groups is 1. The van der Waals surface area contributed by atoms with E-state index >= 15 is 0 Å². The lowest BCUT2D eigenvalue weighted by atomic mass is 10.00. The zero-order valence-corrected chi connectivity index (χ0v) is 19.5. The molecule has 2 aliphatic heterocycles. The van der Waals surface area contributed by atoms with Gasteiger partial charge in [0.15, 0.2) is 0 Å². The average Bonchev–Trinajstić information content (AvgIpc) is 3.37. The maximum Gasteiger partial charge on any atom is 0.267 e. The van der Waals surface area contributed by atoms with Gasteiger partial charge in [0.2, 0.25) is 10.0 Å². The van der Waals surface area contributed by atoms with Gasteiger partial charge in [-0.15, -0.1) is 0 Å². The number of aromatic nitrogens is 4. The summed E-state index contributed by atoms with van der Waals surface area (Å²) in [4.78, 5) is 19.6. The molecule has 11 heteroatoms. The Morgan fingerprint density at radius 3 is 2.76 bits per heavy atom. The molecule has 0 bridgehead atoms. The van der Waals surface area contributed by atoms with Crippen LogP contribution in [0.25, 0.3) is 0 Å². The molecule has 2 aliphatic rings. The standard InChI is InChI=1S/C22H27N7O3S/c1-16-20(33(31,32)28-9-10-29-18(15-28)6-8-25-29)11-19(26(16)2)22(30)24-12-17-13-27(14-17)21-5-3-4-7-23-21/h3-8,11,17H,9-10,12-15H2,1-2H3,(H,24,30). The molecule has 0 aromatic carbocycles. The number of nitrogens with zero attached hydrogens (tertiary/aromatic N) is 6. The first kappa shape index (κ1) is 21.7. The molecule has 0 spiro atoms. The summed E-state index contributed by atoms with van der Waals surface area (Å²) in [7, 11) is -2.01. The third-order valence-electron chi connectivity index (χ3n) is 6.53. The van der Waals surface area contributed by atoms with Crippen LogP contribution < -0.4 is 10.2 Å². The second-order valence-corrected chi connectivity index (χ2v) is 10.5. The Labute approximate surface area is 192 Å². The van der Waals surface area contributed by atoms with Crippen molar-refractivity contribution in [3.8, 4) is 0 Å². The largest absolute Gasteiger partial charge is 0.356 e. The average molecular weight is 470 g/mol. The van der Waals surface area contributed by atoms with Crippen LogP contribution in [0.2, 0.25) is 0 Å².